The molecule has 0 saturated heterocycles. The summed E-state index contributed by atoms with van der Waals surface area (Å²) in [6, 6.07) is 3.26. The fourth-order valence-electron chi connectivity index (χ4n) is 2.34. The van der Waals surface area contributed by atoms with E-state index in [0.29, 0.717) is 10.1 Å². The highest BCUT2D eigenvalue weighted by Gasteiger charge is 2.17. The minimum Gasteiger partial charge on any atom is -0.322 e. The second kappa shape index (κ2) is 5.57. The van der Waals surface area contributed by atoms with E-state index in [1.54, 1.807) is 16.9 Å². The van der Waals surface area contributed by atoms with Gasteiger partial charge in [0.25, 0.3) is 0 Å². The molecule has 2 heterocycles. The van der Waals surface area contributed by atoms with Gasteiger partial charge in [-0.1, -0.05) is 0 Å². The van der Waals surface area contributed by atoms with Crippen molar-refractivity contribution in [2.75, 3.05) is 0 Å². The van der Waals surface area contributed by atoms with E-state index in [0.717, 1.165) is 22.4 Å². The van der Waals surface area contributed by atoms with Crippen molar-refractivity contribution in [2.45, 2.75) is 18.8 Å². The zero-order valence-electron chi connectivity index (χ0n) is 11.5. The summed E-state index contributed by atoms with van der Waals surface area (Å²) in [6.07, 6.45) is 3.72. The van der Waals surface area contributed by atoms with Crippen LogP contribution in [0.25, 0.3) is 11.0 Å². The Morgan fingerprint density at radius 1 is 1.43 bits per heavy atom. The molecule has 3 aromatic rings. The Morgan fingerprint density at radius 3 is 2.81 bits per heavy atom. The first-order valence-corrected chi connectivity index (χ1v) is 7.94. The van der Waals surface area contributed by atoms with Gasteiger partial charge in [-0.05, 0) is 35.6 Å². The van der Waals surface area contributed by atoms with Gasteiger partial charge in [0.15, 0.2) is 0 Å². The van der Waals surface area contributed by atoms with E-state index in [1.165, 1.54) is 6.07 Å². The molecule has 0 bridgehead atoms. The first-order valence-electron chi connectivity index (χ1n) is 6.42. The standard InChI is InChI=1S/C14H13ClFIN4/c1-8(15)14-19-12-4-11(17)10(16)3-13(12)21(14)7-9-5-18-20(2)6-9/h3-6,8H,7H2,1-2H3. The molecule has 0 radical (unpaired) electrons. The number of fused-ring (bicyclic) bond motifs is 1. The highest BCUT2D eigenvalue weighted by Crippen LogP contribution is 2.27. The second-order valence-electron chi connectivity index (χ2n) is 4.95. The van der Waals surface area contributed by atoms with E-state index in [4.69, 9.17) is 11.6 Å². The molecule has 4 nitrogen and oxygen atoms in total. The lowest BCUT2D eigenvalue weighted by Gasteiger charge is -2.09. The minimum atomic E-state index is -0.255. The van der Waals surface area contributed by atoms with Crippen LogP contribution >= 0.6 is 34.2 Å². The van der Waals surface area contributed by atoms with Gasteiger partial charge in [0.1, 0.15) is 11.6 Å². The predicted molar refractivity (Wildman–Crippen MR) is 89.0 cm³/mol. The molecular formula is C14H13ClFIN4. The van der Waals surface area contributed by atoms with E-state index < -0.39 is 0 Å². The Bertz CT molecular complexity index is 809. The third kappa shape index (κ3) is 2.78. The van der Waals surface area contributed by atoms with E-state index in [-0.39, 0.29) is 11.2 Å². The molecule has 21 heavy (non-hydrogen) atoms. The third-order valence-corrected chi connectivity index (χ3v) is 4.30. The SMILES string of the molecule is CC(Cl)c1nc2cc(I)c(F)cc2n1Cc1cnn(C)c1. The van der Waals surface area contributed by atoms with Crippen LogP contribution < -0.4 is 0 Å². The molecule has 0 saturated carbocycles. The maximum Gasteiger partial charge on any atom is 0.138 e. The number of imidazole rings is 1. The Hall–Kier alpha value is -1.15. The molecule has 0 N–H and O–H groups in total. The number of hydrogen-bond acceptors (Lipinski definition) is 2. The normalized spacial score (nSPS) is 13.0. The van der Waals surface area contributed by atoms with Crippen LogP contribution in [0, 0.1) is 9.39 Å². The third-order valence-electron chi connectivity index (χ3n) is 3.27. The Balaban J connectivity index is 2.17. The van der Waals surface area contributed by atoms with E-state index in [9.17, 15) is 4.39 Å². The number of rotatable bonds is 3. The maximum absolute atomic E-state index is 13.9. The van der Waals surface area contributed by atoms with Gasteiger partial charge >= 0.3 is 0 Å². The molecule has 7 heteroatoms. The number of alkyl halides is 1. The van der Waals surface area contributed by atoms with Crippen LogP contribution in [0.1, 0.15) is 23.7 Å². The van der Waals surface area contributed by atoms with Crippen molar-refractivity contribution >= 4 is 45.2 Å². The quantitative estimate of drug-likeness (QED) is 0.478. The molecule has 110 valence electrons. The summed E-state index contributed by atoms with van der Waals surface area (Å²) in [6.45, 7) is 2.43. The van der Waals surface area contributed by atoms with Crippen LogP contribution in [0.2, 0.25) is 0 Å². The molecule has 1 aromatic carbocycles. The summed E-state index contributed by atoms with van der Waals surface area (Å²) in [5.74, 6) is 0.487. The molecule has 3 rings (SSSR count). The van der Waals surface area contributed by atoms with Gasteiger partial charge in [-0.2, -0.15) is 5.10 Å². The Morgan fingerprint density at radius 2 is 2.19 bits per heavy atom. The van der Waals surface area contributed by atoms with Crippen LogP contribution in [0.5, 0.6) is 0 Å². The van der Waals surface area contributed by atoms with Crippen molar-refractivity contribution in [2.24, 2.45) is 7.05 Å². The second-order valence-corrected chi connectivity index (χ2v) is 6.77. The molecule has 1 atom stereocenters. The van der Waals surface area contributed by atoms with Crippen molar-refractivity contribution in [3.63, 3.8) is 0 Å². The average molecular weight is 419 g/mol. The first kappa shape index (κ1) is 14.8. The first-order chi connectivity index (χ1) is 9.95. The molecule has 0 amide bonds. The number of aryl methyl sites for hydroxylation is 1. The summed E-state index contributed by atoms with van der Waals surface area (Å²) in [5.41, 5.74) is 2.53. The Kier molecular flexibility index (Phi) is 3.92. The predicted octanol–water partition coefficient (Wildman–Crippen LogP) is 3.86. The molecule has 0 aliphatic heterocycles. The molecule has 0 fully saturated rings. The summed E-state index contributed by atoms with van der Waals surface area (Å²) < 4.78 is 18.1. The fourth-order valence-corrected chi connectivity index (χ4v) is 2.96. The van der Waals surface area contributed by atoms with Crippen LogP contribution in [0.4, 0.5) is 4.39 Å². The number of hydrogen-bond donors (Lipinski definition) is 0. The van der Waals surface area contributed by atoms with Crippen LogP contribution in [-0.2, 0) is 13.6 Å². The van der Waals surface area contributed by atoms with Gasteiger partial charge in [0.05, 0.1) is 32.7 Å². The van der Waals surface area contributed by atoms with E-state index in [2.05, 4.69) is 10.1 Å². The maximum atomic E-state index is 13.9. The Labute approximate surface area is 140 Å². The average Bonchev–Trinajstić information content (AvgIpc) is 2.96. The number of halogens is 3. The van der Waals surface area contributed by atoms with Crippen LogP contribution in [0.3, 0.4) is 0 Å². The fraction of sp³-hybridized carbons (Fsp3) is 0.286. The van der Waals surface area contributed by atoms with E-state index >= 15 is 0 Å². The van der Waals surface area contributed by atoms with Crippen molar-refractivity contribution in [1.29, 1.82) is 0 Å². The highest BCUT2D eigenvalue weighted by molar-refractivity contribution is 14.1. The molecule has 0 spiro atoms. The number of benzene rings is 1. The molecule has 0 aliphatic carbocycles. The smallest absolute Gasteiger partial charge is 0.138 e. The van der Waals surface area contributed by atoms with E-state index in [1.807, 2.05) is 47.3 Å². The molecular weight excluding hydrogens is 406 g/mol. The van der Waals surface area contributed by atoms with Gasteiger partial charge in [0.2, 0.25) is 0 Å². The summed E-state index contributed by atoms with van der Waals surface area (Å²) in [5, 5.41) is 3.90. The monoisotopic (exact) mass is 418 g/mol. The lowest BCUT2D eigenvalue weighted by atomic mass is 10.3. The lowest BCUT2D eigenvalue weighted by molar-refractivity contribution is 0.620. The number of nitrogens with zero attached hydrogens (tertiary/aromatic N) is 4. The summed E-state index contributed by atoms with van der Waals surface area (Å²) in [7, 11) is 1.86. The van der Waals surface area contributed by atoms with Crippen LogP contribution in [0.15, 0.2) is 24.5 Å². The van der Waals surface area contributed by atoms with Crippen molar-refractivity contribution < 1.29 is 4.39 Å². The molecule has 0 aliphatic rings. The van der Waals surface area contributed by atoms with Crippen molar-refractivity contribution in [3.8, 4) is 0 Å². The largest absolute Gasteiger partial charge is 0.322 e. The molecule has 2 aromatic heterocycles. The summed E-state index contributed by atoms with van der Waals surface area (Å²) in [4.78, 5) is 4.55. The van der Waals surface area contributed by atoms with Crippen LogP contribution in [-0.4, -0.2) is 19.3 Å². The zero-order valence-corrected chi connectivity index (χ0v) is 14.4. The van der Waals surface area contributed by atoms with Crippen molar-refractivity contribution in [1.82, 2.24) is 19.3 Å². The zero-order chi connectivity index (χ0) is 15.1. The van der Waals surface area contributed by atoms with Gasteiger partial charge in [-0.3, -0.25) is 4.68 Å². The van der Waals surface area contributed by atoms with Gasteiger partial charge < -0.3 is 4.57 Å². The van der Waals surface area contributed by atoms with Gasteiger partial charge in [-0.25, -0.2) is 9.37 Å². The minimum absolute atomic E-state index is 0.246. The number of aromatic nitrogens is 4. The lowest BCUT2D eigenvalue weighted by Crippen LogP contribution is -2.05. The topological polar surface area (TPSA) is 35.6 Å². The van der Waals surface area contributed by atoms with Gasteiger partial charge in [0, 0.05) is 24.9 Å². The highest BCUT2D eigenvalue weighted by atomic mass is 127. The van der Waals surface area contributed by atoms with Gasteiger partial charge in [-0.15, -0.1) is 11.6 Å². The van der Waals surface area contributed by atoms with Crippen molar-refractivity contribution in [3.05, 3.63) is 45.3 Å². The molecule has 1 unspecified atom stereocenters. The summed E-state index contributed by atoms with van der Waals surface area (Å²) >= 11 is 8.20.